The van der Waals surface area contributed by atoms with Crippen LogP contribution in [0.25, 0.3) is 0 Å². The van der Waals surface area contributed by atoms with Crippen molar-refractivity contribution in [1.82, 2.24) is 10.6 Å². The highest BCUT2D eigenvalue weighted by molar-refractivity contribution is 5.80. The van der Waals surface area contributed by atoms with Crippen molar-refractivity contribution in [2.45, 2.75) is 45.4 Å². The van der Waals surface area contributed by atoms with Crippen molar-refractivity contribution in [3.63, 3.8) is 0 Å². The zero-order valence-electron chi connectivity index (χ0n) is 17.8. The quantitative estimate of drug-likeness (QED) is 0.416. The summed E-state index contributed by atoms with van der Waals surface area (Å²) in [5.74, 6) is 0.720. The van der Waals surface area contributed by atoms with E-state index in [1.54, 1.807) is 25.1 Å². The van der Waals surface area contributed by atoms with E-state index in [-0.39, 0.29) is 24.6 Å². The van der Waals surface area contributed by atoms with Gasteiger partial charge in [0.2, 0.25) is 0 Å². The number of benzene rings is 2. The molecule has 0 heterocycles. The number of alkyl halides is 2. The van der Waals surface area contributed by atoms with Gasteiger partial charge >= 0.3 is 6.61 Å². The first-order valence-electron chi connectivity index (χ1n) is 10.5. The molecule has 0 amide bonds. The molecule has 2 aromatic rings. The number of guanidine groups is 1. The summed E-state index contributed by atoms with van der Waals surface area (Å²) in [6.45, 7) is 2.07. The van der Waals surface area contributed by atoms with Crippen LogP contribution in [0, 0.1) is 0 Å². The third kappa shape index (κ3) is 5.64. The molecule has 168 valence electrons. The van der Waals surface area contributed by atoms with Gasteiger partial charge in [0.25, 0.3) is 0 Å². The fourth-order valence-electron chi connectivity index (χ4n) is 3.77. The lowest BCUT2D eigenvalue weighted by molar-refractivity contribution is -0.0520. The summed E-state index contributed by atoms with van der Waals surface area (Å²) >= 11 is 0. The number of hydrogen-bond acceptors (Lipinski definition) is 4. The van der Waals surface area contributed by atoms with E-state index in [1.165, 1.54) is 0 Å². The van der Waals surface area contributed by atoms with Gasteiger partial charge in [0.1, 0.15) is 5.60 Å². The lowest BCUT2D eigenvalue weighted by Gasteiger charge is -2.25. The summed E-state index contributed by atoms with van der Waals surface area (Å²) < 4.78 is 36.0. The van der Waals surface area contributed by atoms with Crippen LogP contribution < -0.4 is 20.1 Å². The molecule has 3 rings (SSSR count). The number of rotatable bonds is 9. The van der Waals surface area contributed by atoms with Crippen LogP contribution in [0.2, 0.25) is 0 Å². The highest BCUT2D eigenvalue weighted by Gasteiger charge is 2.36. The molecule has 1 aliphatic carbocycles. The Morgan fingerprint density at radius 1 is 1.16 bits per heavy atom. The number of hydrogen-bond donors (Lipinski definition) is 3. The Kier molecular flexibility index (Phi) is 7.68. The van der Waals surface area contributed by atoms with Crippen molar-refractivity contribution in [2.75, 3.05) is 19.7 Å². The SMILES string of the molecule is CCNC(=NCc1cccc(OCC)c1OC(F)F)NCC1(O)CCc2ccccc21. The summed E-state index contributed by atoms with van der Waals surface area (Å²) in [6, 6.07) is 12.8. The number of aryl methyl sites for hydroxylation is 1. The van der Waals surface area contributed by atoms with Gasteiger partial charge in [0.05, 0.1) is 19.7 Å². The van der Waals surface area contributed by atoms with E-state index in [2.05, 4.69) is 15.6 Å². The Hall–Kier alpha value is -2.87. The van der Waals surface area contributed by atoms with E-state index < -0.39 is 12.2 Å². The number of nitrogens with one attached hydrogen (secondary N) is 2. The monoisotopic (exact) mass is 433 g/mol. The van der Waals surface area contributed by atoms with Crippen LogP contribution in [0.4, 0.5) is 8.78 Å². The molecule has 0 aliphatic heterocycles. The van der Waals surface area contributed by atoms with E-state index in [9.17, 15) is 13.9 Å². The summed E-state index contributed by atoms with van der Waals surface area (Å²) in [5, 5.41) is 17.4. The highest BCUT2D eigenvalue weighted by Crippen LogP contribution is 2.36. The van der Waals surface area contributed by atoms with Crippen molar-refractivity contribution in [2.24, 2.45) is 4.99 Å². The minimum Gasteiger partial charge on any atom is -0.490 e. The molecule has 0 saturated carbocycles. The van der Waals surface area contributed by atoms with E-state index in [4.69, 9.17) is 9.47 Å². The number of ether oxygens (including phenoxy) is 2. The fourth-order valence-corrected chi connectivity index (χ4v) is 3.77. The van der Waals surface area contributed by atoms with E-state index in [1.807, 2.05) is 31.2 Å². The summed E-state index contributed by atoms with van der Waals surface area (Å²) in [5.41, 5.74) is 1.57. The molecule has 31 heavy (non-hydrogen) atoms. The molecule has 0 bridgehead atoms. The van der Waals surface area contributed by atoms with Gasteiger partial charge in [-0.15, -0.1) is 0 Å². The predicted molar refractivity (Wildman–Crippen MR) is 116 cm³/mol. The number of para-hydroxylation sites is 1. The molecule has 3 N–H and O–H groups in total. The van der Waals surface area contributed by atoms with Crippen molar-refractivity contribution >= 4 is 5.96 Å². The smallest absolute Gasteiger partial charge is 0.387 e. The minimum atomic E-state index is -2.97. The second-order valence-electron chi connectivity index (χ2n) is 7.29. The van der Waals surface area contributed by atoms with Gasteiger partial charge in [-0.25, -0.2) is 4.99 Å². The van der Waals surface area contributed by atoms with Crippen LogP contribution in [0.15, 0.2) is 47.5 Å². The highest BCUT2D eigenvalue weighted by atomic mass is 19.3. The first-order chi connectivity index (χ1) is 15.0. The average Bonchev–Trinajstić information content (AvgIpc) is 3.09. The maximum Gasteiger partial charge on any atom is 0.387 e. The van der Waals surface area contributed by atoms with Crippen molar-refractivity contribution in [1.29, 1.82) is 0 Å². The maximum atomic E-state index is 12.9. The van der Waals surface area contributed by atoms with Gasteiger partial charge in [-0.2, -0.15) is 8.78 Å². The third-order valence-corrected chi connectivity index (χ3v) is 5.19. The fraction of sp³-hybridized carbons (Fsp3) is 0.435. The second kappa shape index (κ2) is 10.4. The standard InChI is InChI=1S/C23H29F2N3O3/c1-3-26-22(28-15-23(29)13-12-16-8-5-6-10-18(16)23)27-14-17-9-7-11-19(30-4-2)20(17)31-21(24)25/h5-11,21,29H,3-4,12-15H2,1-2H3,(H2,26,27,28). The third-order valence-electron chi connectivity index (χ3n) is 5.19. The van der Waals surface area contributed by atoms with Gasteiger partial charge < -0.3 is 25.2 Å². The number of aliphatic imine (C=N–C) groups is 1. The Morgan fingerprint density at radius 2 is 1.97 bits per heavy atom. The molecule has 0 aromatic heterocycles. The molecular formula is C23H29F2N3O3. The molecule has 0 radical (unpaired) electrons. The Bertz CT molecular complexity index is 907. The number of fused-ring (bicyclic) bond motifs is 1. The minimum absolute atomic E-state index is 0.0118. The van der Waals surface area contributed by atoms with Crippen molar-refractivity contribution in [3.8, 4) is 11.5 Å². The van der Waals surface area contributed by atoms with Gasteiger partial charge in [-0.05, 0) is 43.9 Å². The lowest BCUT2D eigenvalue weighted by atomic mass is 9.96. The summed E-state index contributed by atoms with van der Waals surface area (Å²) in [6.07, 6.45) is 1.45. The van der Waals surface area contributed by atoms with Gasteiger partial charge in [0.15, 0.2) is 17.5 Å². The van der Waals surface area contributed by atoms with Crippen LogP contribution in [0.3, 0.4) is 0 Å². The largest absolute Gasteiger partial charge is 0.490 e. The van der Waals surface area contributed by atoms with Crippen LogP contribution in [0.1, 0.15) is 37.0 Å². The van der Waals surface area contributed by atoms with Crippen molar-refractivity contribution in [3.05, 3.63) is 59.2 Å². The van der Waals surface area contributed by atoms with E-state index >= 15 is 0 Å². The molecule has 1 aliphatic rings. The summed E-state index contributed by atoms with van der Waals surface area (Å²) in [4.78, 5) is 4.50. The molecule has 8 heteroatoms. The van der Waals surface area contributed by atoms with Gasteiger partial charge in [-0.3, -0.25) is 0 Å². The summed E-state index contributed by atoms with van der Waals surface area (Å²) in [7, 11) is 0. The lowest BCUT2D eigenvalue weighted by Crippen LogP contribution is -2.45. The predicted octanol–water partition coefficient (Wildman–Crippen LogP) is 3.58. The molecule has 6 nitrogen and oxygen atoms in total. The van der Waals surface area contributed by atoms with Crippen LogP contribution in [0.5, 0.6) is 11.5 Å². The molecule has 1 unspecified atom stereocenters. The zero-order valence-corrected chi connectivity index (χ0v) is 17.8. The van der Waals surface area contributed by atoms with Crippen LogP contribution >= 0.6 is 0 Å². The average molecular weight is 433 g/mol. The Labute approximate surface area is 181 Å². The second-order valence-corrected chi connectivity index (χ2v) is 7.29. The molecule has 0 spiro atoms. The number of aliphatic hydroxyl groups is 1. The normalized spacial score (nSPS) is 18.1. The molecular weight excluding hydrogens is 404 g/mol. The number of nitrogens with zero attached hydrogens (tertiary/aromatic N) is 1. The first kappa shape index (κ1) is 22.8. The maximum absolute atomic E-state index is 12.9. The van der Waals surface area contributed by atoms with Gasteiger partial charge in [-0.1, -0.05) is 36.4 Å². The van der Waals surface area contributed by atoms with Gasteiger partial charge in [0, 0.05) is 12.1 Å². The number of halogens is 2. The van der Waals surface area contributed by atoms with Crippen LogP contribution in [-0.4, -0.2) is 37.4 Å². The van der Waals surface area contributed by atoms with Crippen molar-refractivity contribution < 1.29 is 23.4 Å². The van der Waals surface area contributed by atoms with Crippen LogP contribution in [-0.2, 0) is 18.6 Å². The molecule has 2 aromatic carbocycles. The van der Waals surface area contributed by atoms with E-state index in [0.29, 0.717) is 31.1 Å². The Balaban J connectivity index is 1.75. The molecule has 0 saturated heterocycles. The molecule has 0 fully saturated rings. The zero-order chi connectivity index (χ0) is 22.3. The van der Waals surface area contributed by atoms with E-state index in [0.717, 1.165) is 17.5 Å². The Morgan fingerprint density at radius 3 is 2.71 bits per heavy atom. The molecule has 1 atom stereocenters. The first-order valence-corrected chi connectivity index (χ1v) is 10.5. The topological polar surface area (TPSA) is 75.1 Å².